The predicted octanol–water partition coefficient (Wildman–Crippen LogP) is 3.88. The highest BCUT2D eigenvalue weighted by Crippen LogP contribution is 2.36. The lowest BCUT2D eigenvalue weighted by molar-refractivity contribution is -0.116. The van der Waals surface area contributed by atoms with Crippen LogP contribution in [0.1, 0.15) is 32.6 Å². The largest absolute Gasteiger partial charge is 0.493 e. The molecule has 1 amide bonds. The Kier molecular flexibility index (Phi) is 6.50. The Morgan fingerprint density at radius 3 is 2.42 bits per heavy atom. The van der Waals surface area contributed by atoms with Crippen molar-refractivity contribution in [3.8, 4) is 11.5 Å². The average Bonchev–Trinajstić information content (AvgIpc) is 2.40. The summed E-state index contributed by atoms with van der Waals surface area (Å²) in [5.74, 6) is 1.04. The Morgan fingerprint density at radius 1 is 1.21 bits per heavy atom. The normalized spacial score (nSPS) is 10.1. The molecule has 1 aromatic rings. The maximum Gasteiger partial charge on any atom is 0.224 e. The first-order valence-electron chi connectivity index (χ1n) is 6.33. The quantitative estimate of drug-likeness (QED) is 0.774. The number of nitrogens with one attached hydrogen (secondary N) is 1. The van der Waals surface area contributed by atoms with Crippen LogP contribution in [0.2, 0.25) is 5.02 Å². The Bertz CT molecular complexity index is 435. The monoisotopic (exact) mass is 285 g/mol. The zero-order valence-electron chi connectivity index (χ0n) is 11.6. The molecule has 5 heteroatoms. The number of carbonyl (C=O) groups excluding carboxylic acids is 1. The molecule has 1 rings (SSSR count). The predicted molar refractivity (Wildman–Crippen MR) is 77.3 cm³/mol. The molecule has 0 heterocycles. The van der Waals surface area contributed by atoms with Gasteiger partial charge in [-0.05, 0) is 6.42 Å². The number of benzene rings is 1. The second-order valence-corrected chi connectivity index (χ2v) is 4.60. The molecule has 106 valence electrons. The fraction of sp³-hybridized carbons (Fsp3) is 0.500. The number of hydrogen-bond donors (Lipinski definition) is 1. The number of ether oxygens (including phenoxy) is 2. The molecule has 4 nitrogen and oxygen atoms in total. The number of halogens is 1. The van der Waals surface area contributed by atoms with Crippen molar-refractivity contribution < 1.29 is 14.3 Å². The lowest BCUT2D eigenvalue weighted by Crippen LogP contribution is -2.11. The topological polar surface area (TPSA) is 47.6 Å². The molecule has 0 spiro atoms. The van der Waals surface area contributed by atoms with Crippen molar-refractivity contribution in [3.05, 3.63) is 17.2 Å². The molecule has 0 fully saturated rings. The fourth-order valence-electron chi connectivity index (χ4n) is 1.70. The molecule has 19 heavy (non-hydrogen) atoms. The SMILES string of the molecule is CCCCCC(=O)Nc1cc(OC)c(OC)cc1Cl. The van der Waals surface area contributed by atoms with E-state index in [4.69, 9.17) is 21.1 Å². The number of methoxy groups -OCH3 is 2. The second-order valence-electron chi connectivity index (χ2n) is 4.19. The maximum atomic E-state index is 11.8. The molecule has 0 aromatic heterocycles. The average molecular weight is 286 g/mol. The van der Waals surface area contributed by atoms with Gasteiger partial charge in [-0.15, -0.1) is 0 Å². The van der Waals surface area contributed by atoms with Crippen LogP contribution in [-0.2, 0) is 4.79 Å². The van der Waals surface area contributed by atoms with E-state index < -0.39 is 0 Å². The summed E-state index contributed by atoms with van der Waals surface area (Å²) in [7, 11) is 3.08. The van der Waals surface area contributed by atoms with Crippen molar-refractivity contribution in [3.63, 3.8) is 0 Å². The van der Waals surface area contributed by atoms with Crippen molar-refractivity contribution >= 4 is 23.2 Å². The van der Waals surface area contributed by atoms with Crippen molar-refractivity contribution in [2.75, 3.05) is 19.5 Å². The molecule has 0 bridgehead atoms. The molecule has 0 saturated carbocycles. The first-order valence-corrected chi connectivity index (χ1v) is 6.71. The minimum Gasteiger partial charge on any atom is -0.493 e. The number of anilines is 1. The summed E-state index contributed by atoms with van der Waals surface area (Å²) in [4.78, 5) is 11.8. The van der Waals surface area contributed by atoms with Crippen LogP contribution < -0.4 is 14.8 Å². The fourth-order valence-corrected chi connectivity index (χ4v) is 1.90. The highest BCUT2D eigenvalue weighted by Gasteiger charge is 2.11. The van der Waals surface area contributed by atoms with Crippen LogP contribution in [0.15, 0.2) is 12.1 Å². The molecule has 0 atom stereocenters. The second kappa shape index (κ2) is 7.89. The van der Waals surface area contributed by atoms with Crippen LogP contribution >= 0.6 is 11.6 Å². The summed E-state index contributed by atoms with van der Waals surface area (Å²) in [6.07, 6.45) is 3.52. The van der Waals surface area contributed by atoms with E-state index in [2.05, 4.69) is 12.2 Å². The number of rotatable bonds is 7. The third kappa shape index (κ3) is 4.63. The van der Waals surface area contributed by atoms with Crippen LogP contribution in [0, 0.1) is 0 Å². The molecule has 0 radical (unpaired) electrons. The lowest BCUT2D eigenvalue weighted by Gasteiger charge is -2.12. The molecule has 1 aromatic carbocycles. The number of amides is 1. The van der Waals surface area contributed by atoms with Gasteiger partial charge >= 0.3 is 0 Å². The van der Waals surface area contributed by atoms with Gasteiger partial charge in [0.15, 0.2) is 11.5 Å². The first-order chi connectivity index (χ1) is 9.12. The van der Waals surface area contributed by atoms with Crippen LogP contribution in [0.5, 0.6) is 11.5 Å². The summed E-state index contributed by atoms with van der Waals surface area (Å²) in [6, 6.07) is 3.29. The van der Waals surface area contributed by atoms with Gasteiger partial charge in [0.05, 0.1) is 24.9 Å². The van der Waals surface area contributed by atoms with Gasteiger partial charge < -0.3 is 14.8 Å². The Morgan fingerprint density at radius 2 is 1.84 bits per heavy atom. The molecule has 0 aliphatic rings. The lowest BCUT2D eigenvalue weighted by atomic mass is 10.2. The van der Waals surface area contributed by atoms with Gasteiger partial charge in [0.25, 0.3) is 0 Å². The zero-order chi connectivity index (χ0) is 14.3. The highest BCUT2D eigenvalue weighted by molar-refractivity contribution is 6.34. The van der Waals surface area contributed by atoms with Crippen molar-refractivity contribution in [1.82, 2.24) is 0 Å². The van der Waals surface area contributed by atoms with Gasteiger partial charge in [-0.3, -0.25) is 4.79 Å². The van der Waals surface area contributed by atoms with E-state index in [-0.39, 0.29) is 5.91 Å². The van der Waals surface area contributed by atoms with Crippen LogP contribution in [0.25, 0.3) is 0 Å². The van der Waals surface area contributed by atoms with Gasteiger partial charge in [-0.25, -0.2) is 0 Å². The molecule has 0 aliphatic carbocycles. The number of hydrogen-bond acceptors (Lipinski definition) is 3. The van der Waals surface area contributed by atoms with E-state index in [1.54, 1.807) is 19.2 Å². The van der Waals surface area contributed by atoms with E-state index in [0.717, 1.165) is 19.3 Å². The van der Waals surface area contributed by atoms with E-state index in [9.17, 15) is 4.79 Å². The molecule has 1 N–H and O–H groups in total. The summed E-state index contributed by atoms with van der Waals surface area (Å²) in [5.41, 5.74) is 0.542. The number of unbranched alkanes of at least 4 members (excludes halogenated alkanes) is 2. The Labute approximate surface area is 119 Å². The van der Waals surface area contributed by atoms with Gasteiger partial charge in [-0.2, -0.15) is 0 Å². The van der Waals surface area contributed by atoms with Gasteiger partial charge in [0.1, 0.15) is 0 Å². The smallest absolute Gasteiger partial charge is 0.224 e. The highest BCUT2D eigenvalue weighted by atomic mass is 35.5. The van der Waals surface area contributed by atoms with Crippen LogP contribution in [0.4, 0.5) is 5.69 Å². The first kappa shape index (κ1) is 15.6. The third-order valence-electron chi connectivity index (χ3n) is 2.75. The van der Waals surface area contributed by atoms with Crippen LogP contribution in [0.3, 0.4) is 0 Å². The molecular weight excluding hydrogens is 266 g/mol. The van der Waals surface area contributed by atoms with E-state index in [1.807, 2.05) is 0 Å². The minimum atomic E-state index is -0.0393. The van der Waals surface area contributed by atoms with Crippen LogP contribution in [-0.4, -0.2) is 20.1 Å². The van der Waals surface area contributed by atoms with E-state index in [0.29, 0.717) is 28.6 Å². The summed E-state index contributed by atoms with van der Waals surface area (Å²) < 4.78 is 10.3. The van der Waals surface area contributed by atoms with Crippen molar-refractivity contribution in [2.45, 2.75) is 32.6 Å². The summed E-state index contributed by atoms with van der Waals surface area (Å²) >= 11 is 6.09. The van der Waals surface area contributed by atoms with Crippen molar-refractivity contribution in [1.29, 1.82) is 0 Å². The van der Waals surface area contributed by atoms with Crippen molar-refractivity contribution in [2.24, 2.45) is 0 Å². The van der Waals surface area contributed by atoms with Gasteiger partial charge in [0, 0.05) is 18.6 Å². The standard InChI is InChI=1S/C14H20ClNO3/c1-4-5-6-7-14(17)16-11-9-13(19-3)12(18-2)8-10(11)15/h8-9H,4-7H2,1-3H3,(H,16,17). The summed E-state index contributed by atoms with van der Waals surface area (Å²) in [5, 5.41) is 3.22. The maximum absolute atomic E-state index is 11.8. The molecular formula is C14H20ClNO3. The minimum absolute atomic E-state index is 0.0393. The Hall–Kier alpha value is -1.42. The van der Waals surface area contributed by atoms with Gasteiger partial charge in [0.2, 0.25) is 5.91 Å². The summed E-state index contributed by atoms with van der Waals surface area (Å²) in [6.45, 7) is 2.10. The van der Waals surface area contributed by atoms with Gasteiger partial charge in [-0.1, -0.05) is 31.4 Å². The Balaban J connectivity index is 2.75. The third-order valence-corrected chi connectivity index (χ3v) is 3.07. The molecule has 0 unspecified atom stereocenters. The molecule has 0 aliphatic heterocycles. The number of carbonyl (C=O) groups is 1. The van der Waals surface area contributed by atoms with E-state index in [1.165, 1.54) is 7.11 Å². The van der Waals surface area contributed by atoms with E-state index >= 15 is 0 Å². The molecule has 0 saturated heterocycles. The zero-order valence-corrected chi connectivity index (χ0v) is 12.3.